The van der Waals surface area contributed by atoms with Gasteiger partial charge in [-0.3, -0.25) is 14.5 Å². The SMILES string of the molecule is Cc1ccc(-c2n[nH]c(=S)n2CC(=O)N2CCCC2c2ccccc2)cc1. The van der Waals surface area contributed by atoms with Crippen LogP contribution in [-0.4, -0.2) is 32.1 Å². The van der Waals surface area contributed by atoms with Gasteiger partial charge in [-0.15, -0.1) is 0 Å². The normalized spacial score (nSPS) is 16.6. The minimum Gasteiger partial charge on any atom is -0.334 e. The zero-order valence-corrected chi connectivity index (χ0v) is 16.1. The quantitative estimate of drug-likeness (QED) is 0.690. The van der Waals surface area contributed by atoms with E-state index in [1.807, 2.05) is 54.3 Å². The standard InChI is InChI=1S/C21H22N4OS/c1-15-9-11-17(12-10-15)20-22-23-21(27)25(20)14-19(26)24-13-5-8-18(24)16-6-3-2-4-7-16/h2-4,6-7,9-12,18H,5,8,13-14H2,1H3,(H,23,27). The molecule has 1 N–H and O–H groups in total. The molecule has 2 aromatic carbocycles. The van der Waals surface area contributed by atoms with Gasteiger partial charge in [-0.05, 0) is 37.5 Å². The zero-order chi connectivity index (χ0) is 18.8. The highest BCUT2D eigenvalue weighted by Gasteiger charge is 2.30. The molecule has 1 atom stereocenters. The largest absolute Gasteiger partial charge is 0.334 e. The predicted octanol–water partition coefficient (Wildman–Crippen LogP) is 4.28. The summed E-state index contributed by atoms with van der Waals surface area (Å²) in [6.45, 7) is 3.02. The van der Waals surface area contributed by atoms with Crippen molar-refractivity contribution < 1.29 is 4.79 Å². The van der Waals surface area contributed by atoms with Crippen LogP contribution in [0.3, 0.4) is 0 Å². The lowest BCUT2D eigenvalue weighted by Gasteiger charge is -2.25. The maximum atomic E-state index is 13.1. The highest BCUT2D eigenvalue weighted by molar-refractivity contribution is 7.71. The first-order valence-electron chi connectivity index (χ1n) is 9.20. The number of rotatable bonds is 4. The second kappa shape index (κ2) is 7.48. The van der Waals surface area contributed by atoms with Crippen LogP contribution >= 0.6 is 12.2 Å². The van der Waals surface area contributed by atoms with Gasteiger partial charge in [0.1, 0.15) is 6.54 Å². The third-order valence-electron chi connectivity index (χ3n) is 5.12. The average Bonchev–Trinajstić information content (AvgIpc) is 3.31. The first-order valence-corrected chi connectivity index (χ1v) is 9.61. The summed E-state index contributed by atoms with van der Waals surface area (Å²) in [4.78, 5) is 15.1. The number of hydrogen-bond donors (Lipinski definition) is 1. The van der Waals surface area contributed by atoms with E-state index >= 15 is 0 Å². The maximum Gasteiger partial charge on any atom is 0.243 e. The molecular weight excluding hydrogens is 356 g/mol. The van der Waals surface area contributed by atoms with Crippen LogP contribution < -0.4 is 0 Å². The topological polar surface area (TPSA) is 53.9 Å². The Bertz CT molecular complexity index is 991. The van der Waals surface area contributed by atoms with Crippen LogP contribution in [0, 0.1) is 11.7 Å². The summed E-state index contributed by atoms with van der Waals surface area (Å²) in [5, 5.41) is 7.18. The molecule has 1 fully saturated rings. The lowest BCUT2D eigenvalue weighted by molar-refractivity contribution is -0.132. The molecule has 0 saturated carbocycles. The van der Waals surface area contributed by atoms with Gasteiger partial charge in [0.15, 0.2) is 10.6 Å². The van der Waals surface area contributed by atoms with Crippen molar-refractivity contribution in [1.82, 2.24) is 19.7 Å². The summed E-state index contributed by atoms with van der Waals surface area (Å²) in [7, 11) is 0. The molecule has 138 valence electrons. The fourth-order valence-electron chi connectivity index (χ4n) is 3.70. The first kappa shape index (κ1) is 17.7. The Hall–Kier alpha value is -2.73. The van der Waals surface area contributed by atoms with Gasteiger partial charge in [0.2, 0.25) is 5.91 Å². The summed E-state index contributed by atoms with van der Waals surface area (Å²) in [6, 6.07) is 18.5. The highest BCUT2D eigenvalue weighted by Crippen LogP contribution is 2.32. The van der Waals surface area contributed by atoms with Crippen LogP contribution in [0.1, 0.15) is 30.0 Å². The Morgan fingerprint density at radius 2 is 1.93 bits per heavy atom. The van der Waals surface area contributed by atoms with Crippen molar-refractivity contribution in [1.29, 1.82) is 0 Å². The smallest absolute Gasteiger partial charge is 0.243 e. The van der Waals surface area contributed by atoms with Crippen molar-refractivity contribution in [3.63, 3.8) is 0 Å². The molecule has 0 spiro atoms. The van der Waals surface area contributed by atoms with Crippen LogP contribution in [0.5, 0.6) is 0 Å². The lowest BCUT2D eigenvalue weighted by atomic mass is 10.0. The Morgan fingerprint density at radius 3 is 2.67 bits per heavy atom. The second-order valence-electron chi connectivity index (χ2n) is 6.96. The molecule has 4 rings (SSSR count). The van der Waals surface area contributed by atoms with Crippen molar-refractivity contribution in [2.45, 2.75) is 32.4 Å². The van der Waals surface area contributed by atoms with E-state index in [1.165, 1.54) is 11.1 Å². The van der Waals surface area contributed by atoms with Gasteiger partial charge in [-0.25, -0.2) is 0 Å². The summed E-state index contributed by atoms with van der Waals surface area (Å²) in [5.74, 6) is 0.774. The molecule has 3 aromatic rings. The van der Waals surface area contributed by atoms with Crippen molar-refractivity contribution >= 4 is 18.1 Å². The number of likely N-dealkylation sites (tertiary alicyclic amines) is 1. The van der Waals surface area contributed by atoms with Gasteiger partial charge in [0.25, 0.3) is 0 Å². The molecule has 6 heteroatoms. The number of hydrogen-bond acceptors (Lipinski definition) is 3. The Kier molecular flexibility index (Phi) is 4.90. The van der Waals surface area contributed by atoms with Crippen LogP contribution in [0.15, 0.2) is 54.6 Å². The van der Waals surface area contributed by atoms with Gasteiger partial charge in [0.05, 0.1) is 6.04 Å². The molecule has 1 aromatic heterocycles. The first-order chi connectivity index (χ1) is 13.1. The van der Waals surface area contributed by atoms with Crippen LogP contribution in [-0.2, 0) is 11.3 Å². The van der Waals surface area contributed by atoms with Gasteiger partial charge in [-0.2, -0.15) is 5.10 Å². The Morgan fingerprint density at radius 1 is 1.19 bits per heavy atom. The highest BCUT2D eigenvalue weighted by atomic mass is 32.1. The lowest BCUT2D eigenvalue weighted by Crippen LogP contribution is -2.33. The van der Waals surface area contributed by atoms with Crippen LogP contribution in [0.4, 0.5) is 0 Å². The monoisotopic (exact) mass is 378 g/mol. The van der Waals surface area contributed by atoms with E-state index in [-0.39, 0.29) is 18.5 Å². The minimum atomic E-state index is 0.0761. The predicted molar refractivity (Wildman–Crippen MR) is 108 cm³/mol. The van der Waals surface area contributed by atoms with E-state index in [0.29, 0.717) is 10.6 Å². The molecule has 27 heavy (non-hydrogen) atoms. The number of nitrogens with one attached hydrogen (secondary N) is 1. The average molecular weight is 379 g/mol. The van der Waals surface area contributed by atoms with Crippen molar-refractivity contribution in [2.24, 2.45) is 0 Å². The summed E-state index contributed by atoms with van der Waals surface area (Å²) in [5.41, 5.74) is 3.32. The number of carbonyl (C=O) groups excluding carboxylic acids is 1. The molecule has 0 radical (unpaired) electrons. The summed E-state index contributed by atoms with van der Waals surface area (Å²) in [6.07, 6.45) is 2.02. The van der Waals surface area contributed by atoms with Gasteiger partial charge in [-0.1, -0.05) is 60.2 Å². The fourth-order valence-corrected chi connectivity index (χ4v) is 3.90. The molecule has 1 aliphatic heterocycles. The summed E-state index contributed by atoms with van der Waals surface area (Å²) < 4.78 is 2.26. The molecule has 2 heterocycles. The third-order valence-corrected chi connectivity index (χ3v) is 5.43. The van der Waals surface area contributed by atoms with E-state index in [0.717, 1.165) is 24.9 Å². The molecule has 0 bridgehead atoms. The number of aryl methyl sites for hydroxylation is 1. The molecule has 1 aliphatic rings. The molecule has 1 unspecified atom stereocenters. The van der Waals surface area contributed by atoms with Gasteiger partial charge >= 0.3 is 0 Å². The molecule has 1 amide bonds. The van der Waals surface area contributed by atoms with E-state index in [1.54, 1.807) is 4.57 Å². The molecule has 0 aliphatic carbocycles. The van der Waals surface area contributed by atoms with Gasteiger partial charge < -0.3 is 4.90 Å². The minimum absolute atomic E-state index is 0.0761. The van der Waals surface area contributed by atoms with Gasteiger partial charge in [0, 0.05) is 12.1 Å². The van der Waals surface area contributed by atoms with Crippen molar-refractivity contribution in [2.75, 3.05) is 6.54 Å². The molecular formula is C21H22N4OS. The number of carbonyl (C=O) groups is 1. The number of H-pyrrole nitrogens is 1. The number of nitrogens with zero attached hydrogens (tertiary/aromatic N) is 3. The van der Waals surface area contributed by atoms with Crippen LogP contribution in [0.2, 0.25) is 0 Å². The number of aromatic amines is 1. The van der Waals surface area contributed by atoms with E-state index in [9.17, 15) is 4.79 Å². The van der Waals surface area contributed by atoms with Crippen LogP contribution in [0.25, 0.3) is 11.4 Å². The number of aromatic nitrogens is 3. The number of benzene rings is 2. The fraction of sp³-hybridized carbons (Fsp3) is 0.286. The van der Waals surface area contributed by atoms with Crippen molar-refractivity contribution in [3.05, 3.63) is 70.5 Å². The Labute approximate surface area is 163 Å². The number of amides is 1. The third kappa shape index (κ3) is 3.57. The van der Waals surface area contributed by atoms with E-state index < -0.39 is 0 Å². The maximum absolute atomic E-state index is 13.1. The van der Waals surface area contributed by atoms with E-state index in [4.69, 9.17) is 12.2 Å². The van der Waals surface area contributed by atoms with Crippen molar-refractivity contribution in [3.8, 4) is 11.4 Å². The zero-order valence-electron chi connectivity index (χ0n) is 15.3. The molecule has 1 saturated heterocycles. The molecule has 5 nitrogen and oxygen atoms in total. The van der Waals surface area contributed by atoms with E-state index in [2.05, 4.69) is 22.3 Å². The summed E-state index contributed by atoms with van der Waals surface area (Å²) >= 11 is 5.39. The Balaban J connectivity index is 1.59. The second-order valence-corrected chi connectivity index (χ2v) is 7.35.